The smallest absolute Gasteiger partial charge is 0.148 e. The molecule has 104 valence electrons. The number of carbonyl (C=O) groups is 2. The summed E-state index contributed by atoms with van der Waals surface area (Å²) in [5, 5.41) is 0. The SMILES string of the molecule is CCCCCCCC(=O)C1CCCC(C)(C)C1=O. The number of rotatable bonds is 7. The van der Waals surface area contributed by atoms with E-state index < -0.39 is 0 Å². The Morgan fingerprint density at radius 1 is 1.22 bits per heavy atom. The van der Waals surface area contributed by atoms with Crippen LogP contribution >= 0.6 is 0 Å². The van der Waals surface area contributed by atoms with E-state index in [2.05, 4.69) is 6.92 Å². The van der Waals surface area contributed by atoms with Gasteiger partial charge in [0.05, 0.1) is 5.92 Å². The minimum atomic E-state index is -0.292. The molecule has 0 heterocycles. The van der Waals surface area contributed by atoms with Gasteiger partial charge in [-0.15, -0.1) is 0 Å². The fraction of sp³-hybridized carbons (Fsp3) is 0.875. The van der Waals surface area contributed by atoms with Gasteiger partial charge in [0.15, 0.2) is 0 Å². The quantitative estimate of drug-likeness (QED) is 0.500. The van der Waals surface area contributed by atoms with E-state index in [1.54, 1.807) is 0 Å². The highest BCUT2D eigenvalue weighted by Gasteiger charge is 2.40. The average molecular weight is 252 g/mol. The maximum atomic E-state index is 12.2. The summed E-state index contributed by atoms with van der Waals surface area (Å²) in [5.74, 6) is 0.0940. The molecule has 1 rings (SSSR count). The lowest BCUT2D eigenvalue weighted by molar-refractivity contribution is -0.141. The fourth-order valence-corrected chi connectivity index (χ4v) is 2.86. The van der Waals surface area contributed by atoms with Gasteiger partial charge in [0, 0.05) is 11.8 Å². The van der Waals surface area contributed by atoms with Crippen molar-refractivity contribution in [2.24, 2.45) is 11.3 Å². The minimum Gasteiger partial charge on any atom is -0.299 e. The molecule has 0 amide bonds. The van der Waals surface area contributed by atoms with Crippen LogP contribution in [0.5, 0.6) is 0 Å². The Morgan fingerprint density at radius 2 is 1.89 bits per heavy atom. The van der Waals surface area contributed by atoms with Crippen molar-refractivity contribution in [3.63, 3.8) is 0 Å². The van der Waals surface area contributed by atoms with Crippen LogP contribution in [0.4, 0.5) is 0 Å². The van der Waals surface area contributed by atoms with Gasteiger partial charge in [-0.3, -0.25) is 9.59 Å². The third-order valence-corrected chi connectivity index (χ3v) is 4.19. The molecule has 1 saturated carbocycles. The Hall–Kier alpha value is -0.660. The first kappa shape index (κ1) is 15.4. The van der Waals surface area contributed by atoms with E-state index in [4.69, 9.17) is 0 Å². The van der Waals surface area contributed by atoms with Crippen LogP contribution in [0.3, 0.4) is 0 Å². The van der Waals surface area contributed by atoms with Gasteiger partial charge in [0.25, 0.3) is 0 Å². The lowest BCUT2D eigenvalue weighted by Gasteiger charge is -2.32. The number of ketones is 2. The molecule has 0 radical (unpaired) electrons. The van der Waals surface area contributed by atoms with Crippen LogP contribution in [-0.4, -0.2) is 11.6 Å². The van der Waals surface area contributed by atoms with Crippen LogP contribution in [0.1, 0.15) is 78.6 Å². The van der Waals surface area contributed by atoms with Crippen molar-refractivity contribution in [3.05, 3.63) is 0 Å². The van der Waals surface area contributed by atoms with Crippen LogP contribution in [0.15, 0.2) is 0 Å². The number of hydrogen-bond acceptors (Lipinski definition) is 2. The molecule has 0 aromatic carbocycles. The van der Waals surface area contributed by atoms with Crippen molar-refractivity contribution in [2.75, 3.05) is 0 Å². The molecule has 2 nitrogen and oxygen atoms in total. The van der Waals surface area contributed by atoms with E-state index in [1.165, 1.54) is 19.3 Å². The molecular weight excluding hydrogens is 224 g/mol. The van der Waals surface area contributed by atoms with Crippen molar-refractivity contribution in [3.8, 4) is 0 Å². The maximum Gasteiger partial charge on any atom is 0.148 e. The van der Waals surface area contributed by atoms with Crippen molar-refractivity contribution in [1.82, 2.24) is 0 Å². The molecule has 1 atom stereocenters. The zero-order chi connectivity index (χ0) is 13.6. The van der Waals surface area contributed by atoms with Crippen molar-refractivity contribution in [2.45, 2.75) is 78.6 Å². The summed E-state index contributed by atoms with van der Waals surface area (Å²) in [5.41, 5.74) is -0.277. The van der Waals surface area contributed by atoms with E-state index in [9.17, 15) is 9.59 Å². The van der Waals surface area contributed by atoms with Crippen LogP contribution in [0, 0.1) is 11.3 Å². The number of unbranched alkanes of at least 4 members (excludes halogenated alkanes) is 4. The first-order valence-electron chi connectivity index (χ1n) is 7.56. The molecule has 18 heavy (non-hydrogen) atoms. The van der Waals surface area contributed by atoms with E-state index in [-0.39, 0.29) is 22.9 Å². The summed E-state index contributed by atoms with van der Waals surface area (Å²) in [6.45, 7) is 6.15. The highest BCUT2D eigenvalue weighted by molar-refractivity contribution is 6.05. The molecule has 1 aliphatic rings. The molecule has 1 fully saturated rings. The number of carbonyl (C=O) groups excluding carboxylic acids is 2. The molecule has 1 aliphatic carbocycles. The summed E-state index contributed by atoms with van der Waals surface area (Å²) in [7, 11) is 0. The Morgan fingerprint density at radius 3 is 2.56 bits per heavy atom. The summed E-state index contributed by atoms with van der Waals surface area (Å²) >= 11 is 0. The lowest BCUT2D eigenvalue weighted by atomic mass is 9.69. The summed E-state index contributed by atoms with van der Waals surface area (Å²) < 4.78 is 0. The monoisotopic (exact) mass is 252 g/mol. The van der Waals surface area contributed by atoms with Crippen LogP contribution in [0.25, 0.3) is 0 Å². The van der Waals surface area contributed by atoms with Gasteiger partial charge < -0.3 is 0 Å². The minimum absolute atomic E-state index is 0.187. The second-order valence-corrected chi connectivity index (χ2v) is 6.32. The predicted octanol–water partition coefficient (Wildman–Crippen LogP) is 4.31. The average Bonchev–Trinajstić information content (AvgIpc) is 2.32. The Balaban J connectivity index is 2.35. The highest BCUT2D eigenvalue weighted by atomic mass is 16.2. The van der Waals surface area contributed by atoms with E-state index in [1.807, 2.05) is 13.8 Å². The van der Waals surface area contributed by atoms with Gasteiger partial charge in [-0.1, -0.05) is 52.9 Å². The third-order valence-electron chi connectivity index (χ3n) is 4.19. The summed E-state index contributed by atoms with van der Waals surface area (Å²) in [6.07, 6.45) is 9.14. The topological polar surface area (TPSA) is 34.1 Å². The van der Waals surface area contributed by atoms with Crippen molar-refractivity contribution >= 4 is 11.6 Å². The molecule has 0 aromatic rings. The van der Waals surface area contributed by atoms with Crippen molar-refractivity contribution in [1.29, 1.82) is 0 Å². The third kappa shape index (κ3) is 4.22. The molecule has 1 unspecified atom stereocenters. The van der Waals surface area contributed by atoms with E-state index >= 15 is 0 Å². The molecule has 0 saturated heterocycles. The largest absolute Gasteiger partial charge is 0.299 e. The summed E-state index contributed by atoms with van der Waals surface area (Å²) in [6, 6.07) is 0. The first-order valence-corrected chi connectivity index (χ1v) is 7.56. The zero-order valence-electron chi connectivity index (χ0n) is 12.3. The molecule has 0 bridgehead atoms. The molecule has 0 aromatic heterocycles. The highest BCUT2D eigenvalue weighted by Crippen LogP contribution is 2.36. The Kier molecular flexibility index (Phi) is 6.04. The standard InChI is InChI=1S/C16H28O2/c1-4-5-6-7-8-11-14(17)13-10-9-12-16(2,3)15(13)18/h13H,4-12H2,1-3H3. The van der Waals surface area contributed by atoms with E-state index in [0.29, 0.717) is 6.42 Å². The van der Waals surface area contributed by atoms with Gasteiger partial charge in [-0.2, -0.15) is 0 Å². The van der Waals surface area contributed by atoms with Crippen molar-refractivity contribution < 1.29 is 9.59 Å². The maximum absolute atomic E-state index is 12.2. The number of hydrogen-bond donors (Lipinski definition) is 0. The van der Waals surface area contributed by atoms with Crippen LogP contribution in [0.2, 0.25) is 0 Å². The number of Topliss-reactive ketones (excluding diaryl/α,β-unsaturated/α-hetero) is 2. The Bertz CT molecular complexity index is 291. The van der Waals surface area contributed by atoms with Crippen LogP contribution < -0.4 is 0 Å². The second-order valence-electron chi connectivity index (χ2n) is 6.32. The fourth-order valence-electron chi connectivity index (χ4n) is 2.86. The molecule has 0 aliphatic heterocycles. The molecule has 0 N–H and O–H groups in total. The van der Waals surface area contributed by atoms with Crippen LogP contribution in [-0.2, 0) is 9.59 Å². The Labute approximate surface area is 112 Å². The van der Waals surface area contributed by atoms with Gasteiger partial charge in [-0.25, -0.2) is 0 Å². The molecule has 2 heteroatoms. The zero-order valence-corrected chi connectivity index (χ0v) is 12.3. The molecular formula is C16H28O2. The van der Waals surface area contributed by atoms with Gasteiger partial charge >= 0.3 is 0 Å². The normalized spacial score (nSPS) is 23.1. The predicted molar refractivity (Wildman–Crippen MR) is 74.5 cm³/mol. The molecule has 0 spiro atoms. The second kappa shape index (κ2) is 7.06. The summed E-state index contributed by atoms with van der Waals surface area (Å²) in [4.78, 5) is 24.3. The van der Waals surface area contributed by atoms with E-state index in [0.717, 1.165) is 32.1 Å². The first-order chi connectivity index (χ1) is 8.49. The van der Waals surface area contributed by atoms with Gasteiger partial charge in [0.1, 0.15) is 11.6 Å². The van der Waals surface area contributed by atoms with Gasteiger partial charge in [-0.05, 0) is 19.3 Å². The van der Waals surface area contributed by atoms with Gasteiger partial charge in [0.2, 0.25) is 0 Å². The lowest BCUT2D eigenvalue weighted by Crippen LogP contribution is -2.39.